The van der Waals surface area contributed by atoms with E-state index in [-0.39, 0.29) is 5.38 Å². The summed E-state index contributed by atoms with van der Waals surface area (Å²) < 4.78 is 3.17. The summed E-state index contributed by atoms with van der Waals surface area (Å²) in [7, 11) is 4.15. The van der Waals surface area contributed by atoms with Crippen molar-refractivity contribution in [1.82, 2.24) is 14.7 Å². The molecule has 1 rings (SSSR count). The molecule has 1 unspecified atom stereocenters. The summed E-state index contributed by atoms with van der Waals surface area (Å²) in [5, 5.41) is 4.65. The second-order valence-electron chi connectivity index (χ2n) is 4.51. The zero-order chi connectivity index (χ0) is 12.8. The van der Waals surface area contributed by atoms with Gasteiger partial charge in [-0.1, -0.05) is 6.92 Å². The van der Waals surface area contributed by atoms with Crippen LogP contribution in [0.4, 0.5) is 0 Å². The summed E-state index contributed by atoms with van der Waals surface area (Å²) in [5.41, 5.74) is 1.26. The molecule has 0 radical (unpaired) electrons. The lowest BCUT2D eigenvalue weighted by Gasteiger charge is -2.13. The van der Waals surface area contributed by atoms with Gasteiger partial charge in [0.1, 0.15) is 0 Å². The Morgan fingerprint density at radius 3 is 2.82 bits per heavy atom. The monoisotopic (exact) mass is 321 g/mol. The number of likely N-dealkylation sites (N-methyl/N-ethyl adjacent to an activating group) is 1. The van der Waals surface area contributed by atoms with Gasteiger partial charge >= 0.3 is 0 Å². The Hall–Kier alpha value is -0.0600. The van der Waals surface area contributed by atoms with Crippen LogP contribution in [0.3, 0.4) is 0 Å². The third-order valence-corrected chi connectivity index (χ3v) is 3.98. The van der Waals surface area contributed by atoms with Gasteiger partial charge in [-0.3, -0.25) is 4.68 Å². The first-order chi connectivity index (χ1) is 8.04. The van der Waals surface area contributed by atoms with Crippen LogP contribution in [-0.4, -0.2) is 40.7 Å². The van der Waals surface area contributed by atoms with Crippen LogP contribution in [0.15, 0.2) is 10.7 Å². The maximum atomic E-state index is 6.16. The van der Waals surface area contributed by atoms with Crippen LogP contribution in [0.5, 0.6) is 0 Å². The molecule has 0 saturated carbocycles. The van der Waals surface area contributed by atoms with Gasteiger partial charge in [-0.05, 0) is 49.3 Å². The maximum absolute atomic E-state index is 6.16. The second-order valence-corrected chi connectivity index (χ2v) is 5.98. The van der Waals surface area contributed by atoms with E-state index in [9.17, 15) is 0 Å². The lowest BCUT2D eigenvalue weighted by atomic mass is 10.1. The molecule has 1 aromatic rings. The molecule has 5 heteroatoms. The number of halogens is 2. The van der Waals surface area contributed by atoms with E-state index >= 15 is 0 Å². The molecule has 1 aromatic heterocycles. The average Bonchev–Trinajstić information content (AvgIpc) is 2.64. The third-order valence-electron chi connectivity index (χ3n) is 2.79. The molecule has 0 fully saturated rings. The molecule has 0 bridgehead atoms. The van der Waals surface area contributed by atoms with Crippen molar-refractivity contribution >= 4 is 27.5 Å². The number of aromatic nitrogens is 2. The van der Waals surface area contributed by atoms with E-state index in [1.807, 2.05) is 6.20 Å². The van der Waals surface area contributed by atoms with Gasteiger partial charge in [-0.15, -0.1) is 11.6 Å². The van der Waals surface area contributed by atoms with Crippen molar-refractivity contribution in [2.75, 3.05) is 20.6 Å². The summed E-state index contributed by atoms with van der Waals surface area (Å²) in [6.45, 7) is 4.04. The number of hydrogen-bond acceptors (Lipinski definition) is 2. The number of alkyl halides is 1. The van der Waals surface area contributed by atoms with Crippen molar-refractivity contribution in [3.63, 3.8) is 0 Å². The number of nitrogens with zero attached hydrogens (tertiary/aromatic N) is 3. The van der Waals surface area contributed by atoms with Gasteiger partial charge in [0.15, 0.2) is 0 Å². The van der Waals surface area contributed by atoms with Gasteiger partial charge in [0.05, 0.1) is 22.9 Å². The minimum absolute atomic E-state index is 0.263. The Labute approximate surface area is 117 Å². The van der Waals surface area contributed by atoms with E-state index in [2.05, 4.69) is 51.6 Å². The van der Waals surface area contributed by atoms with Crippen LogP contribution in [0, 0.1) is 0 Å². The summed E-state index contributed by atoms with van der Waals surface area (Å²) in [5.74, 6) is 0. The van der Waals surface area contributed by atoms with E-state index in [0.29, 0.717) is 0 Å². The number of rotatable bonds is 7. The average molecular weight is 323 g/mol. The van der Waals surface area contributed by atoms with Gasteiger partial charge in [0, 0.05) is 11.9 Å². The van der Waals surface area contributed by atoms with Crippen molar-refractivity contribution in [2.45, 2.75) is 38.1 Å². The molecule has 0 spiro atoms. The summed E-state index contributed by atoms with van der Waals surface area (Å²) in [4.78, 5) is 2.16. The van der Waals surface area contributed by atoms with Crippen LogP contribution >= 0.6 is 27.5 Å². The van der Waals surface area contributed by atoms with Crippen molar-refractivity contribution < 1.29 is 0 Å². The molecule has 0 N–H and O–H groups in total. The predicted octanol–water partition coefficient (Wildman–Crippen LogP) is 3.16. The highest BCUT2D eigenvalue weighted by atomic mass is 79.9. The van der Waals surface area contributed by atoms with E-state index in [4.69, 9.17) is 11.6 Å². The molecule has 0 aliphatic heterocycles. The van der Waals surface area contributed by atoms with Gasteiger partial charge in [0.25, 0.3) is 0 Å². The molecule has 3 nitrogen and oxygen atoms in total. The molecular weight excluding hydrogens is 302 g/mol. The highest BCUT2D eigenvalue weighted by molar-refractivity contribution is 9.10. The normalized spacial score (nSPS) is 13.3. The van der Waals surface area contributed by atoms with Crippen molar-refractivity contribution in [3.8, 4) is 0 Å². The van der Waals surface area contributed by atoms with Crippen molar-refractivity contribution in [1.29, 1.82) is 0 Å². The Balaban J connectivity index is 2.59. The van der Waals surface area contributed by atoms with Crippen LogP contribution in [0.1, 0.15) is 25.5 Å². The molecule has 1 heterocycles. The minimum atomic E-state index is 0.263. The maximum Gasteiger partial charge on any atom is 0.0635 e. The Kier molecular flexibility index (Phi) is 6.52. The zero-order valence-corrected chi connectivity index (χ0v) is 13.1. The molecule has 0 saturated heterocycles. The summed E-state index contributed by atoms with van der Waals surface area (Å²) in [6, 6.07) is 0. The molecule has 0 aliphatic carbocycles. The Morgan fingerprint density at radius 2 is 2.24 bits per heavy atom. The van der Waals surface area contributed by atoms with E-state index < -0.39 is 0 Å². The van der Waals surface area contributed by atoms with Crippen molar-refractivity contribution in [3.05, 3.63) is 16.4 Å². The first kappa shape index (κ1) is 15.0. The molecule has 1 atom stereocenters. The predicted molar refractivity (Wildman–Crippen MR) is 76.7 cm³/mol. The van der Waals surface area contributed by atoms with E-state index in [1.165, 1.54) is 5.69 Å². The van der Waals surface area contributed by atoms with Gasteiger partial charge in [-0.2, -0.15) is 5.10 Å². The third kappa shape index (κ3) is 4.98. The van der Waals surface area contributed by atoms with Crippen LogP contribution in [-0.2, 0) is 13.0 Å². The lowest BCUT2D eigenvalue weighted by Crippen LogP contribution is -2.20. The second kappa shape index (κ2) is 7.39. The largest absolute Gasteiger partial charge is 0.308 e. The molecule has 0 amide bonds. The molecule has 0 aromatic carbocycles. The topological polar surface area (TPSA) is 21.1 Å². The first-order valence-corrected chi connectivity index (χ1v) is 7.26. The number of hydrogen-bond donors (Lipinski definition) is 0. The standard InChI is InChI=1S/C12H21BrClN3/c1-4-10(14)5-6-12-11(13)9-15-17(12)8-7-16(2)3/h9-10H,4-8H2,1-3H3. The summed E-state index contributed by atoms with van der Waals surface area (Å²) in [6.07, 6.45) is 4.88. The highest BCUT2D eigenvalue weighted by Gasteiger charge is 2.11. The van der Waals surface area contributed by atoms with Crippen molar-refractivity contribution in [2.24, 2.45) is 0 Å². The van der Waals surface area contributed by atoms with Gasteiger partial charge < -0.3 is 4.90 Å². The fraction of sp³-hybridized carbons (Fsp3) is 0.750. The summed E-state index contributed by atoms with van der Waals surface area (Å²) >= 11 is 9.72. The molecule has 98 valence electrons. The lowest BCUT2D eigenvalue weighted by molar-refractivity contribution is 0.369. The molecular formula is C12H21BrClN3. The smallest absolute Gasteiger partial charge is 0.0635 e. The van der Waals surface area contributed by atoms with Crippen LogP contribution < -0.4 is 0 Å². The fourth-order valence-corrected chi connectivity index (χ4v) is 2.22. The fourth-order valence-electron chi connectivity index (χ4n) is 1.62. The minimum Gasteiger partial charge on any atom is -0.308 e. The first-order valence-electron chi connectivity index (χ1n) is 6.03. The Bertz CT molecular complexity index is 338. The Morgan fingerprint density at radius 1 is 1.53 bits per heavy atom. The van der Waals surface area contributed by atoms with E-state index in [1.54, 1.807) is 0 Å². The van der Waals surface area contributed by atoms with Gasteiger partial charge in [-0.25, -0.2) is 0 Å². The SMILES string of the molecule is CCC(Cl)CCc1c(Br)cnn1CCN(C)C. The molecule has 0 aliphatic rings. The zero-order valence-electron chi connectivity index (χ0n) is 10.8. The quantitative estimate of drug-likeness (QED) is 0.719. The molecule has 17 heavy (non-hydrogen) atoms. The van der Waals surface area contributed by atoms with E-state index in [0.717, 1.165) is 36.8 Å². The van der Waals surface area contributed by atoms with Crippen LogP contribution in [0.2, 0.25) is 0 Å². The highest BCUT2D eigenvalue weighted by Crippen LogP contribution is 2.20. The van der Waals surface area contributed by atoms with Gasteiger partial charge in [0.2, 0.25) is 0 Å². The van der Waals surface area contributed by atoms with Crippen LogP contribution in [0.25, 0.3) is 0 Å².